The van der Waals surface area contributed by atoms with E-state index >= 15 is 0 Å². The van der Waals surface area contributed by atoms with E-state index in [1.807, 2.05) is 18.2 Å². The zero-order valence-corrected chi connectivity index (χ0v) is 6.95. The van der Waals surface area contributed by atoms with Gasteiger partial charge in [0.2, 0.25) is 0 Å². The molecule has 0 atom stereocenters. The van der Waals surface area contributed by atoms with Crippen molar-refractivity contribution in [3.8, 4) is 0 Å². The largest absolute Gasteiger partial charge is 0.397 e. The zero-order chi connectivity index (χ0) is 7.82. The summed E-state index contributed by atoms with van der Waals surface area (Å²) in [7, 11) is 0. The van der Waals surface area contributed by atoms with Crippen molar-refractivity contribution in [1.29, 1.82) is 0 Å². The summed E-state index contributed by atoms with van der Waals surface area (Å²) in [5.74, 6) is 0. The van der Waals surface area contributed by atoms with Crippen molar-refractivity contribution in [3.63, 3.8) is 0 Å². The van der Waals surface area contributed by atoms with Crippen LogP contribution in [0.1, 0.15) is 12.5 Å². The lowest BCUT2D eigenvalue weighted by atomic mass is 10.2. The van der Waals surface area contributed by atoms with Gasteiger partial charge in [-0.2, -0.15) is 0 Å². The van der Waals surface area contributed by atoms with Gasteiger partial charge in [0.05, 0.1) is 0 Å². The fourth-order valence-electron chi connectivity index (χ4n) is 0.534. The van der Waals surface area contributed by atoms with Gasteiger partial charge in [0.25, 0.3) is 0 Å². The van der Waals surface area contributed by atoms with Crippen LogP contribution in [0.4, 0.5) is 4.70 Å². The van der Waals surface area contributed by atoms with E-state index < -0.39 is 0 Å². The number of hydrogen-bond donors (Lipinski definition) is 1. The third-order valence-electron chi connectivity index (χ3n) is 0.940. The Morgan fingerprint density at radius 1 is 1.18 bits per heavy atom. The molecule has 1 rings (SSSR count). The fraction of sp³-hybridized carbons (Fsp3) is 0.333. The van der Waals surface area contributed by atoms with Crippen LogP contribution in [0.3, 0.4) is 0 Å². The number of benzene rings is 1. The Hall–Kier alpha value is -0.890. The first-order valence-electron chi connectivity index (χ1n) is 3.43. The molecule has 0 bridgehead atoms. The number of aliphatic hydroxyl groups is 1. The monoisotopic (exact) mass is 158 g/mol. The molecule has 0 saturated carbocycles. The van der Waals surface area contributed by atoms with Crippen LogP contribution >= 0.6 is 0 Å². The maximum atomic E-state index is 7.57. The van der Waals surface area contributed by atoms with E-state index in [9.17, 15) is 0 Å². The van der Waals surface area contributed by atoms with Crippen molar-refractivity contribution in [2.75, 3.05) is 6.61 Å². The second kappa shape index (κ2) is 9.11. The highest BCUT2D eigenvalue weighted by Crippen LogP contribution is 1.92. The standard InChI is InChI=1S/C7H8.C2H6O.FH/c1-7-5-3-2-4-6-7;1-2-3;/h2-6H,1H3;3H,2H2,1H3;1H. The molecule has 0 spiro atoms. The van der Waals surface area contributed by atoms with Crippen molar-refractivity contribution in [2.45, 2.75) is 13.8 Å². The number of aliphatic hydroxyl groups excluding tert-OH is 1. The van der Waals surface area contributed by atoms with Gasteiger partial charge in [0.1, 0.15) is 0 Å². The van der Waals surface area contributed by atoms with Crippen molar-refractivity contribution in [3.05, 3.63) is 35.9 Å². The number of hydrogen-bond acceptors (Lipinski definition) is 1. The van der Waals surface area contributed by atoms with Crippen LogP contribution in [-0.2, 0) is 0 Å². The van der Waals surface area contributed by atoms with Gasteiger partial charge in [-0.1, -0.05) is 35.9 Å². The Kier molecular flexibility index (Phi) is 10.6. The molecule has 0 heterocycles. The summed E-state index contributed by atoms with van der Waals surface area (Å²) in [6.45, 7) is 4.01. The highest BCUT2D eigenvalue weighted by molar-refractivity contribution is 5.11. The maximum Gasteiger partial charge on any atom is 0.0402 e. The predicted octanol–water partition coefficient (Wildman–Crippen LogP) is 2.15. The van der Waals surface area contributed by atoms with Crippen LogP contribution < -0.4 is 0 Å². The molecule has 1 N–H and O–H groups in total. The molecule has 1 aromatic rings. The third kappa shape index (κ3) is 9.11. The molecule has 0 aliphatic heterocycles. The summed E-state index contributed by atoms with van der Waals surface area (Å²) in [6.07, 6.45) is 0. The van der Waals surface area contributed by atoms with Gasteiger partial charge in [-0.05, 0) is 13.8 Å². The van der Waals surface area contributed by atoms with Crippen LogP contribution in [0.5, 0.6) is 0 Å². The molecule has 2 heteroatoms. The third-order valence-corrected chi connectivity index (χ3v) is 0.940. The summed E-state index contributed by atoms with van der Waals surface area (Å²) in [5, 5.41) is 7.57. The second-order valence-corrected chi connectivity index (χ2v) is 1.97. The molecule has 1 nitrogen and oxygen atoms in total. The molecule has 64 valence electrons. The van der Waals surface area contributed by atoms with Crippen LogP contribution in [0.15, 0.2) is 30.3 Å². The van der Waals surface area contributed by atoms with Crippen molar-refractivity contribution in [1.82, 2.24) is 0 Å². The van der Waals surface area contributed by atoms with Gasteiger partial charge in [-0.25, -0.2) is 0 Å². The van der Waals surface area contributed by atoms with Crippen LogP contribution in [-0.4, -0.2) is 11.7 Å². The Morgan fingerprint density at radius 3 is 1.73 bits per heavy atom. The van der Waals surface area contributed by atoms with E-state index in [2.05, 4.69) is 19.1 Å². The van der Waals surface area contributed by atoms with E-state index in [-0.39, 0.29) is 11.3 Å². The smallest absolute Gasteiger partial charge is 0.0402 e. The molecule has 1 aromatic carbocycles. The topological polar surface area (TPSA) is 20.2 Å². The average molecular weight is 158 g/mol. The first kappa shape index (κ1) is 12.8. The van der Waals surface area contributed by atoms with E-state index in [0.29, 0.717) is 0 Å². The number of halogens is 1. The summed E-state index contributed by atoms with van der Waals surface area (Å²) in [6, 6.07) is 10.3. The van der Waals surface area contributed by atoms with E-state index in [4.69, 9.17) is 5.11 Å². The fourth-order valence-corrected chi connectivity index (χ4v) is 0.534. The lowest BCUT2D eigenvalue weighted by Gasteiger charge is -1.82. The van der Waals surface area contributed by atoms with E-state index in [1.54, 1.807) is 6.92 Å². The van der Waals surface area contributed by atoms with Gasteiger partial charge >= 0.3 is 0 Å². The highest BCUT2D eigenvalue weighted by Gasteiger charge is 1.72. The molecular formula is C9H15FO. The molecule has 0 unspecified atom stereocenters. The zero-order valence-electron chi connectivity index (χ0n) is 6.95. The molecular weight excluding hydrogens is 143 g/mol. The highest BCUT2D eigenvalue weighted by atomic mass is 19.0. The molecule has 0 aliphatic rings. The minimum absolute atomic E-state index is 0. The van der Waals surface area contributed by atoms with Gasteiger partial charge < -0.3 is 5.11 Å². The van der Waals surface area contributed by atoms with Crippen LogP contribution in [0, 0.1) is 6.92 Å². The lowest BCUT2D eigenvalue weighted by Crippen LogP contribution is -1.62. The first-order chi connectivity index (χ1) is 4.81. The Balaban J connectivity index is 0. The quantitative estimate of drug-likeness (QED) is 0.613. The molecule has 0 saturated heterocycles. The predicted molar refractivity (Wildman–Crippen MR) is 46.4 cm³/mol. The number of aryl methyl sites for hydroxylation is 1. The summed E-state index contributed by atoms with van der Waals surface area (Å²) in [4.78, 5) is 0. The van der Waals surface area contributed by atoms with Crippen LogP contribution in [0.25, 0.3) is 0 Å². The SMILES string of the molecule is CCO.Cc1ccccc1.F. The molecule has 0 fully saturated rings. The summed E-state index contributed by atoms with van der Waals surface area (Å²) >= 11 is 0. The molecule has 0 amide bonds. The Bertz CT molecular complexity index is 151. The van der Waals surface area contributed by atoms with E-state index in [0.717, 1.165) is 0 Å². The van der Waals surface area contributed by atoms with Crippen LogP contribution in [0.2, 0.25) is 0 Å². The summed E-state index contributed by atoms with van der Waals surface area (Å²) < 4.78 is 0. The molecule has 11 heavy (non-hydrogen) atoms. The molecule has 0 radical (unpaired) electrons. The maximum absolute atomic E-state index is 7.57. The lowest BCUT2D eigenvalue weighted by molar-refractivity contribution is 0.318. The van der Waals surface area contributed by atoms with Crippen molar-refractivity contribution in [2.24, 2.45) is 0 Å². The molecule has 0 aromatic heterocycles. The number of rotatable bonds is 0. The van der Waals surface area contributed by atoms with Gasteiger partial charge in [-0.15, -0.1) is 0 Å². The average Bonchev–Trinajstić information content (AvgIpc) is 1.91. The van der Waals surface area contributed by atoms with Crippen molar-refractivity contribution < 1.29 is 9.81 Å². The molecule has 0 aliphatic carbocycles. The van der Waals surface area contributed by atoms with Crippen molar-refractivity contribution >= 4 is 0 Å². The van der Waals surface area contributed by atoms with Gasteiger partial charge in [0.15, 0.2) is 0 Å². The Labute approximate surface area is 67.1 Å². The van der Waals surface area contributed by atoms with Gasteiger partial charge in [0, 0.05) is 6.61 Å². The Morgan fingerprint density at radius 2 is 1.55 bits per heavy atom. The minimum atomic E-state index is 0. The normalized spacial score (nSPS) is 7.18. The van der Waals surface area contributed by atoms with Gasteiger partial charge in [-0.3, -0.25) is 4.70 Å². The first-order valence-corrected chi connectivity index (χ1v) is 3.43. The second-order valence-electron chi connectivity index (χ2n) is 1.97. The van der Waals surface area contributed by atoms with E-state index in [1.165, 1.54) is 5.56 Å². The minimum Gasteiger partial charge on any atom is -0.397 e. The summed E-state index contributed by atoms with van der Waals surface area (Å²) in [5.41, 5.74) is 1.32.